The van der Waals surface area contributed by atoms with Gasteiger partial charge in [-0.05, 0) is 17.7 Å². The van der Waals surface area contributed by atoms with Crippen LogP contribution in [0.15, 0.2) is 54.6 Å². The van der Waals surface area contributed by atoms with E-state index < -0.39 is 12.1 Å². The summed E-state index contributed by atoms with van der Waals surface area (Å²) in [6.45, 7) is 0.572. The molecule has 2 aromatic carbocycles. The highest BCUT2D eigenvalue weighted by atomic mass is 16.5. The lowest BCUT2D eigenvalue weighted by atomic mass is 9.92. The zero-order valence-electron chi connectivity index (χ0n) is 12.4. The first-order valence-corrected chi connectivity index (χ1v) is 7.60. The van der Waals surface area contributed by atoms with Crippen LogP contribution in [0, 0.1) is 0 Å². The molecule has 1 atom stereocenters. The Morgan fingerprint density at radius 2 is 1.91 bits per heavy atom. The molecule has 0 radical (unpaired) electrons. The quantitative estimate of drug-likeness (QED) is 0.799. The molecule has 0 saturated heterocycles. The summed E-state index contributed by atoms with van der Waals surface area (Å²) in [6, 6.07) is 14.7. The van der Waals surface area contributed by atoms with E-state index in [1.807, 2.05) is 36.4 Å². The monoisotopic (exact) mass is 305 g/mol. The van der Waals surface area contributed by atoms with E-state index >= 15 is 0 Å². The second-order valence-corrected chi connectivity index (χ2v) is 5.66. The average Bonchev–Trinajstić information content (AvgIpc) is 2.60. The van der Waals surface area contributed by atoms with Crippen LogP contribution in [0.25, 0.3) is 6.08 Å². The Balaban J connectivity index is 1.69. The fourth-order valence-electron chi connectivity index (χ4n) is 3.14. The van der Waals surface area contributed by atoms with Crippen LogP contribution in [0.2, 0.25) is 0 Å². The second kappa shape index (κ2) is 5.39. The normalized spacial score (nSPS) is 18.5. The van der Waals surface area contributed by atoms with Gasteiger partial charge in [-0.1, -0.05) is 48.6 Å². The van der Waals surface area contributed by atoms with E-state index in [4.69, 9.17) is 4.74 Å². The van der Waals surface area contributed by atoms with E-state index in [-0.39, 0.29) is 12.3 Å². The Bertz CT molecular complexity index is 811. The molecular formula is C19H15NO3. The highest BCUT2D eigenvalue weighted by Gasteiger charge is 2.35. The van der Waals surface area contributed by atoms with Gasteiger partial charge in [0.25, 0.3) is 0 Å². The minimum absolute atomic E-state index is 0.0137. The lowest BCUT2D eigenvalue weighted by molar-refractivity contribution is -0.121. The molecule has 2 aliphatic heterocycles. The van der Waals surface area contributed by atoms with Gasteiger partial charge in [0.15, 0.2) is 0 Å². The fraction of sp³-hybridized carbons (Fsp3) is 0.158. The molecule has 114 valence electrons. The third-order valence-electron chi connectivity index (χ3n) is 4.22. The molecule has 1 amide bonds. The zero-order chi connectivity index (χ0) is 15.8. The van der Waals surface area contributed by atoms with Gasteiger partial charge in [-0.3, -0.25) is 4.79 Å². The number of para-hydroxylation sites is 1. The Labute approximate surface area is 134 Å². The highest BCUT2D eigenvalue weighted by molar-refractivity contribution is 6.01. The van der Waals surface area contributed by atoms with Crippen molar-refractivity contribution in [1.29, 1.82) is 0 Å². The molecule has 4 heteroatoms. The summed E-state index contributed by atoms with van der Waals surface area (Å²) in [5.74, 6) is -0.416. The van der Waals surface area contributed by atoms with E-state index in [9.17, 15) is 9.59 Å². The molecule has 0 N–H and O–H groups in total. The summed E-state index contributed by atoms with van der Waals surface area (Å²) >= 11 is 0. The molecule has 2 aromatic rings. The molecule has 0 aliphatic carbocycles. The van der Waals surface area contributed by atoms with Crippen molar-refractivity contribution in [3.05, 3.63) is 71.3 Å². The van der Waals surface area contributed by atoms with Gasteiger partial charge >= 0.3 is 5.97 Å². The number of benzene rings is 2. The topological polar surface area (TPSA) is 46.6 Å². The molecule has 4 rings (SSSR count). The zero-order valence-corrected chi connectivity index (χ0v) is 12.4. The summed E-state index contributed by atoms with van der Waals surface area (Å²) in [5.41, 5.74) is 3.25. The minimum Gasteiger partial charge on any atom is -0.453 e. The van der Waals surface area contributed by atoms with Crippen LogP contribution in [0.5, 0.6) is 0 Å². The highest BCUT2D eigenvalue weighted by Crippen LogP contribution is 2.41. The third-order valence-corrected chi connectivity index (χ3v) is 4.22. The van der Waals surface area contributed by atoms with E-state index in [2.05, 4.69) is 0 Å². The van der Waals surface area contributed by atoms with Crippen molar-refractivity contribution in [3.8, 4) is 0 Å². The molecule has 0 bridgehead atoms. The summed E-state index contributed by atoms with van der Waals surface area (Å²) in [7, 11) is 0. The van der Waals surface area contributed by atoms with Crippen molar-refractivity contribution in [2.45, 2.75) is 12.5 Å². The Hall–Kier alpha value is -2.88. The number of carbonyl (C=O) groups excluding carboxylic acids is 2. The molecule has 23 heavy (non-hydrogen) atoms. The third kappa shape index (κ3) is 2.32. The molecule has 2 heterocycles. The van der Waals surface area contributed by atoms with Crippen LogP contribution in [0.1, 0.15) is 34.0 Å². The van der Waals surface area contributed by atoms with Crippen LogP contribution in [0.3, 0.4) is 0 Å². The number of amides is 1. The maximum absolute atomic E-state index is 12.4. The van der Waals surface area contributed by atoms with Crippen molar-refractivity contribution in [3.63, 3.8) is 0 Å². The molecule has 0 aromatic heterocycles. The smallest absolute Gasteiger partial charge is 0.338 e. The molecule has 4 nitrogen and oxygen atoms in total. The number of hydrogen-bond acceptors (Lipinski definition) is 3. The molecular weight excluding hydrogens is 290 g/mol. The van der Waals surface area contributed by atoms with Gasteiger partial charge in [0.05, 0.1) is 17.7 Å². The second-order valence-electron chi connectivity index (χ2n) is 5.66. The van der Waals surface area contributed by atoms with Gasteiger partial charge in [0.1, 0.15) is 6.10 Å². The maximum Gasteiger partial charge on any atom is 0.338 e. The van der Waals surface area contributed by atoms with E-state index in [1.54, 1.807) is 29.2 Å². The Kier molecular flexibility index (Phi) is 3.23. The largest absolute Gasteiger partial charge is 0.453 e. The summed E-state index contributed by atoms with van der Waals surface area (Å²) in [4.78, 5) is 26.5. The SMILES string of the molecule is O=C(OC1CC(=O)N2CC=Cc3cccc1c32)c1ccccc1. The molecule has 0 saturated carbocycles. The van der Waals surface area contributed by atoms with Gasteiger partial charge < -0.3 is 9.64 Å². The Morgan fingerprint density at radius 3 is 2.74 bits per heavy atom. The predicted octanol–water partition coefficient (Wildman–Crippen LogP) is 3.35. The number of nitrogens with zero attached hydrogens (tertiary/aromatic N) is 1. The van der Waals surface area contributed by atoms with Crippen molar-refractivity contribution in [2.24, 2.45) is 0 Å². The van der Waals surface area contributed by atoms with Gasteiger partial charge in [0, 0.05) is 12.1 Å². The van der Waals surface area contributed by atoms with Gasteiger partial charge in [-0.2, -0.15) is 0 Å². The lowest BCUT2D eigenvalue weighted by Crippen LogP contribution is -2.39. The average molecular weight is 305 g/mol. The fourth-order valence-corrected chi connectivity index (χ4v) is 3.14. The van der Waals surface area contributed by atoms with Gasteiger partial charge in [0.2, 0.25) is 5.91 Å². The number of anilines is 1. The van der Waals surface area contributed by atoms with Crippen LogP contribution in [-0.2, 0) is 9.53 Å². The molecule has 2 aliphatic rings. The van der Waals surface area contributed by atoms with Gasteiger partial charge in [-0.25, -0.2) is 4.79 Å². The number of hydrogen-bond donors (Lipinski definition) is 0. The molecule has 0 spiro atoms. The standard InChI is InChI=1S/C19H15NO3/c21-17-12-16(23-19(22)14-6-2-1-3-7-14)15-10-4-8-13-9-5-11-20(17)18(13)15/h1-10,16H,11-12H2. The van der Waals surface area contributed by atoms with Crippen LogP contribution in [0.4, 0.5) is 5.69 Å². The number of rotatable bonds is 2. The lowest BCUT2D eigenvalue weighted by Gasteiger charge is -2.36. The first-order valence-electron chi connectivity index (χ1n) is 7.60. The summed E-state index contributed by atoms with van der Waals surface area (Å²) in [5, 5.41) is 0. The van der Waals surface area contributed by atoms with Crippen molar-refractivity contribution >= 4 is 23.6 Å². The molecule has 0 fully saturated rings. The summed E-state index contributed by atoms with van der Waals surface area (Å²) < 4.78 is 5.64. The molecule has 1 unspecified atom stereocenters. The Morgan fingerprint density at radius 1 is 1.09 bits per heavy atom. The van der Waals surface area contributed by atoms with Crippen molar-refractivity contribution in [2.75, 3.05) is 11.4 Å². The number of esters is 1. The van der Waals surface area contributed by atoms with Crippen LogP contribution >= 0.6 is 0 Å². The van der Waals surface area contributed by atoms with E-state index in [1.165, 1.54) is 0 Å². The van der Waals surface area contributed by atoms with Crippen molar-refractivity contribution < 1.29 is 14.3 Å². The predicted molar refractivity (Wildman–Crippen MR) is 87.0 cm³/mol. The number of ether oxygens (including phenoxy) is 1. The van der Waals surface area contributed by atoms with Crippen LogP contribution < -0.4 is 4.90 Å². The minimum atomic E-state index is -0.534. The first-order chi connectivity index (χ1) is 11.2. The first kappa shape index (κ1) is 13.8. The maximum atomic E-state index is 12.4. The van der Waals surface area contributed by atoms with Gasteiger partial charge in [-0.15, -0.1) is 0 Å². The van der Waals surface area contributed by atoms with Crippen molar-refractivity contribution in [1.82, 2.24) is 0 Å². The summed E-state index contributed by atoms with van der Waals surface area (Å²) in [6.07, 6.45) is 3.63. The van der Waals surface area contributed by atoms with Crippen LogP contribution in [-0.4, -0.2) is 18.4 Å². The number of carbonyl (C=O) groups is 2. The van der Waals surface area contributed by atoms with E-state index in [0.29, 0.717) is 12.1 Å². The van der Waals surface area contributed by atoms with E-state index in [0.717, 1.165) is 16.8 Å².